The van der Waals surface area contributed by atoms with E-state index in [1.807, 2.05) is 0 Å². The predicted molar refractivity (Wildman–Crippen MR) is 50.2 cm³/mol. The van der Waals surface area contributed by atoms with E-state index in [0.717, 1.165) is 38.9 Å². The lowest BCUT2D eigenvalue weighted by atomic mass is 10.5. The van der Waals surface area contributed by atoms with Crippen molar-refractivity contribution in [1.82, 2.24) is 0 Å². The molecular weight excluding hydrogens is 172 g/mol. The molecule has 3 nitrogen and oxygen atoms in total. The second kappa shape index (κ2) is 6.60. The van der Waals surface area contributed by atoms with E-state index >= 15 is 0 Å². The standard InChI is InChI=1S/C8H18O3Si/c1-2-3-11-12-5-4-9-6-8-7-10-8/h8H,2-7,12H2,1H3. The number of ether oxygens (including phenoxy) is 2. The summed E-state index contributed by atoms with van der Waals surface area (Å²) in [5.74, 6) is 0. The molecule has 1 atom stereocenters. The molecule has 1 fully saturated rings. The maximum absolute atomic E-state index is 5.43. The van der Waals surface area contributed by atoms with E-state index in [1.165, 1.54) is 0 Å². The first-order chi connectivity index (χ1) is 5.93. The van der Waals surface area contributed by atoms with E-state index < -0.39 is 0 Å². The Kier molecular flexibility index (Phi) is 5.59. The molecule has 0 aromatic carbocycles. The van der Waals surface area contributed by atoms with Crippen LogP contribution in [0.25, 0.3) is 0 Å². The van der Waals surface area contributed by atoms with Gasteiger partial charge in [-0.2, -0.15) is 0 Å². The Morgan fingerprint density at radius 3 is 3.00 bits per heavy atom. The summed E-state index contributed by atoms with van der Waals surface area (Å²) in [5, 5.41) is 0. The lowest BCUT2D eigenvalue weighted by molar-refractivity contribution is 0.126. The van der Waals surface area contributed by atoms with Crippen molar-refractivity contribution in [2.75, 3.05) is 26.4 Å². The van der Waals surface area contributed by atoms with Crippen LogP contribution in [0.2, 0.25) is 6.04 Å². The second-order valence-corrected chi connectivity index (χ2v) is 4.52. The average molecular weight is 190 g/mol. The lowest BCUT2D eigenvalue weighted by Crippen LogP contribution is -2.07. The van der Waals surface area contributed by atoms with Gasteiger partial charge in [0.2, 0.25) is 0 Å². The van der Waals surface area contributed by atoms with Gasteiger partial charge in [-0.25, -0.2) is 0 Å². The molecule has 1 aliphatic rings. The van der Waals surface area contributed by atoms with Gasteiger partial charge in [-0.15, -0.1) is 0 Å². The summed E-state index contributed by atoms with van der Waals surface area (Å²) in [4.78, 5) is 0. The Hall–Kier alpha value is 0.0969. The molecule has 1 unspecified atom stereocenters. The SMILES string of the molecule is CCCO[SiH2]CCOCC1CO1. The monoisotopic (exact) mass is 190 g/mol. The molecule has 1 saturated heterocycles. The summed E-state index contributed by atoms with van der Waals surface area (Å²) in [6.07, 6.45) is 1.53. The first-order valence-electron chi connectivity index (χ1n) is 4.70. The molecule has 0 spiro atoms. The molecule has 12 heavy (non-hydrogen) atoms. The third-order valence-electron chi connectivity index (χ3n) is 1.63. The minimum absolute atomic E-state index is 0.290. The van der Waals surface area contributed by atoms with Gasteiger partial charge in [0, 0.05) is 13.2 Å². The minimum atomic E-state index is -0.290. The molecule has 0 saturated carbocycles. The molecule has 1 heterocycles. The number of rotatable bonds is 8. The molecule has 4 heteroatoms. The zero-order chi connectivity index (χ0) is 8.65. The van der Waals surface area contributed by atoms with Gasteiger partial charge in [0.25, 0.3) is 0 Å². The lowest BCUT2D eigenvalue weighted by Gasteiger charge is -2.02. The van der Waals surface area contributed by atoms with E-state index in [1.54, 1.807) is 0 Å². The molecular formula is C8H18O3Si. The number of hydrogen-bond donors (Lipinski definition) is 0. The van der Waals surface area contributed by atoms with Crippen LogP contribution in [0.1, 0.15) is 13.3 Å². The summed E-state index contributed by atoms with van der Waals surface area (Å²) in [5.41, 5.74) is 0. The maximum Gasteiger partial charge on any atom is 0.163 e. The van der Waals surface area contributed by atoms with Gasteiger partial charge in [-0.1, -0.05) is 6.92 Å². The van der Waals surface area contributed by atoms with Gasteiger partial charge in [0.05, 0.1) is 13.2 Å². The predicted octanol–water partition coefficient (Wildman–Crippen LogP) is 0.330. The molecule has 0 amide bonds. The highest BCUT2D eigenvalue weighted by Gasteiger charge is 2.21. The van der Waals surface area contributed by atoms with Gasteiger partial charge in [-0.05, 0) is 12.5 Å². The quantitative estimate of drug-likeness (QED) is 0.314. The van der Waals surface area contributed by atoms with Gasteiger partial charge < -0.3 is 13.9 Å². The molecule has 0 radical (unpaired) electrons. The van der Waals surface area contributed by atoms with Crippen LogP contribution in [0, 0.1) is 0 Å². The topological polar surface area (TPSA) is 31.0 Å². The van der Waals surface area contributed by atoms with Gasteiger partial charge >= 0.3 is 0 Å². The summed E-state index contributed by atoms with van der Waals surface area (Å²) >= 11 is 0. The normalized spacial score (nSPS) is 22.2. The van der Waals surface area contributed by atoms with Crippen LogP contribution in [-0.2, 0) is 13.9 Å². The molecule has 0 aromatic heterocycles. The summed E-state index contributed by atoms with van der Waals surface area (Å²) in [6.45, 7) is 5.59. The largest absolute Gasteiger partial charge is 0.424 e. The fraction of sp³-hybridized carbons (Fsp3) is 1.00. The number of epoxide rings is 1. The molecule has 1 aliphatic heterocycles. The van der Waals surface area contributed by atoms with Crippen LogP contribution in [0.15, 0.2) is 0 Å². The van der Waals surface area contributed by atoms with Crippen molar-refractivity contribution in [1.29, 1.82) is 0 Å². The highest BCUT2D eigenvalue weighted by atomic mass is 28.2. The zero-order valence-electron chi connectivity index (χ0n) is 7.75. The summed E-state index contributed by atoms with van der Waals surface area (Å²) in [7, 11) is -0.290. The first kappa shape index (κ1) is 10.2. The third-order valence-corrected chi connectivity index (χ3v) is 2.79. The Labute approximate surface area is 76.3 Å². The van der Waals surface area contributed by atoms with Gasteiger partial charge in [-0.3, -0.25) is 0 Å². The van der Waals surface area contributed by atoms with Gasteiger partial charge in [0.15, 0.2) is 9.76 Å². The van der Waals surface area contributed by atoms with Crippen molar-refractivity contribution in [3.63, 3.8) is 0 Å². The Bertz CT molecular complexity index is 106. The van der Waals surface area contributed by atoms with Crippen LogP contribution >= 0.6 is 0 Å². The highest BCUT2D eigenvalue weighted by molar-refractivity contribution is 6.27. The molecule has 0 aromatic rings. The van der Waals surface area contributed by atoms with Crippen molar-refractivity contribution < 1.29 is 13.9 Å². The van der Waals surface area contributed by atoms with E-state index in [-0.39, 0.29) is 9.76 Å². The molecule has 72 valence electrons. The van der Waals surface area contributed by atoms with Crippen molar-refractivity contribution in [2.24, 2.45) is 0 Å². The average Bonchev–Trinajstić information content (AvgIpc) is 2.87. The van der Waals surface area contributed by atoms with Crippen molar-refractivity contribution in [3.05, 3.63) is 0 Å². The fourth-order valence-corrected chi connectivity index (χ4v) is 1.91. The van der Waals surface area contributed by atoms with E-state index in [2.05, 4.69) is 6.92 Å². The van der Waals surface area contributed by atoms with Crippen LogP contribution in [0.4, 0.5) is 0 Å². The van der Waals surface area contributed by atoms with Gasteiger partial charge in [0.1, 0.15) is 6.10 Å². The van der Waals surface area contributed by atoms with Crippen molar-refractivity contribution in [3.8, 4) is 0 Å². The van der Waals surface area contributed by atoms with Crippen LogP contribution in [0.3, 0.4) is 0 Å². The maximum atomic E-state index is 5.43. The smallest absolute Gasteiger partial charge is 0.163 e. The Balaban J connectivity index is 1.65. The van der Waals surface area contributed by atoms with Crippen molar-refractivity contribution >= 4 is 9.76 Å². The molecule has 0 bridgehead atoms. The second-order valence-electron chi connectivity index (χ2n) is 3.00. The first-order valence-corrected chi connectivity index (χ1v) is 6.28. The van der Waals surface area contributed by atoms with Crippen LogP contribution in [0.5, 0.6) is 0 Å². The van der Waals surface area contributed by atoms with Crippen molar-refractivity contribution in [2.45, 2.75) is 25.5 Å². The van der Waals surface area contributed by atoms with E-state index in [0.29, 0.717) is 6.10 Å². The Morgan fingerprint density at radius 1 is 1.50 bits per heavy atom. The minimum Gasteiger partial charge on any atom is -0.424 e. The summed E-state index contributed by atoms with van der Waals surface area (Å²) in [6, 6.07) is 1.13. The fourth-order valence-electron chi connectivity index (χ4n) is 0.888. The van der Waals surface area contributed by atoms with Crippen LogP contribution < -0.4 is 0 Å². The number of hydrogen-bond acceptors (Lipinski definition) is 3. The molecule has 0 aliphatic carbocycles. The molecule has 1 rings (SSSR count). The molecule has 0 N–H and O–H groups in total. The van der Waals surface area contributed by atoms with E-state index in [9.17, 15) is 0 Å². The zero-order valence-corrected chi connectivity index (χ0v) is 9.17. The third kappa shape index (κ3) is 5.71. The summed E-state index contributed by atoms with van der Waals surface area (Å²) < 4.78 is 15.8. The Morgan fingerprint density at radius 2 is 2.33 bits per heavy atom. The highest BCUT2D eigenvalue weighted by Crippen LogP contribution is 2.08. The van der Waals surface area contributed by atoms with E-state index in [4.69, 9.17) is 13.9 Å². The van der Waals surface area contributed by atoms with Crippen LogP contribution in [-0.4, -0.2) is 42.3 Å².